The van der Waals surface area contributed by atoms with Crippen molar-refractivity contribution in [2.24, 2.45) is 0 Å². The molecule has 8 nitrogen and oxygen atoms in total. The van der Waals surface area contributed by atoms with Gasteiger partial charge in [0, 0.05) is 5.56 Å². The second kappa shape index (κ2) is 7.79. The molecule has 1 N–H and O–H groups in total. The van der Waals surface area contributed by atoms with Crippen molar-refractivity contribution in [1.82, 2.24) is 9.55 Å². The molecular weight excluding hydrogens is 424 g/mol. The summed E-state index contributed by atoms with van der Waals surface area (Å²) in [6.45, 7) is 1.82. The summed E-state index contributed by atoms with van der Waals surface area (Å²) in [4.78, 5) is 42.5. The molecule has 32 heavy (non-hydrogen) atoms. The van der Waals surface area contributed by atoms with E-state index in [1.165, 1.54) is 32.0 Å². The monoisotopic (exact) mass is 443 g/mol. The van der Waals surface area contributed by atoms with Crippen LogP contribution in [0.2, 0.25) is 0 Å². The summed E-state index contributed by atoms with van der Waals surface area (Å²) in [5, 5.41) is 10.2. The standard InChI is InChI=1S/C22H19F2N3O5/c1-12(28)10-27-18(25-16-8-4-3-6-15(16)20(27)30)11-26-17-9-5-7-14(13(2)29)19(17)32-22(23,24)21(26)31/h3-9,13,29H,10-11H2,1-2H3. The van der Waals surface area contributed by atoms with Crippen molar-refractivity contribution in [3.63, 3.8) is 0 Å². The van der Waals surface area contributed by atoms with Gasteiger partial charge in [0.05, 0.1) is 35.8 Å². The summed E-state index contributed by atoms with van der Waals surface area (Å²) in [5.74, 6) is -2.37. The summed E-state index contributed by atoms with van der Waals surface area (Å²) in [7, 11) is 0. The molecule has 3 aromatic rings. The zero-order valence-corrected chi connectivity index (χ0v) is 17.2. The number of para-hydroxylation sites is 2. The van der Waals surface area contributed by atoms with Gasteiger partial charge < -0.3 is 9.84 Å². The number of benzene rings is 2. The molecular formula is C22H19F2N3O5. The normalized spacial score (nSPS) is 15.9. The van der Waals surface area contributed by atoms with Crippen LogP contribution in [0.4, 0.5) is 14.5 Å². The molecule has 1 aliphatic rings. The molecule has 0 radical (unpaired) electrons. The number of carbonyl (C=O) groups excluding carboxylic acids is 2. The number of aliphatic hydroxyl groups excluding tert-OH is 1. The number of ketones is 1. The number of fused-ring (bicyclic) bond motifs is 2. The maximum absolute atomic E-state index is 14.5. The third-order valence-electron chi connectivity index (χ3n) is 5.11. The topological polar surface area (TPSA) is 102 Å². The highest BCUT2D eigenvalue weighted by Gasteiger charge is 2.51. The van der Waals surface area contributed by atoms with Gasteiger partial charge in [0.15, 0.2) is 5.75 Å². The minimum Gasteiger partial charge on any atom is -0.423 e. The van der Waals surface area contributed by atoms with E-state index in [4.69, 9.17) is 0 Å². The number of nitrogens with zero attached hydrogens (tertiary/aromatic N) is 3. The van der Waals surface area contributed by atoms with E-state index >= 15 is 0 Å². The first-order valence-corrected chi connectivity index (χ1v) is 9.78. The highest BCUT2D eigenvalue weighted by Crippen LogP contribution is 2.44. The van der Waals surface area contributed by atoms with E-state index in [2.05, 4.69) is 9.72 Å². The molecule has 0 fully saturated rings. The molecule has 0 aliphatic carbocycles. The van der Waals surface area contributed by atoms with Gasteiger partial charge in [-0.2, -0.15) is 8.78 Å². The first kappa shape index (κ1) is 21.6. The van der Waals surface area contributed by atoms with E-state index < -0.39 is 30.2 Å². The number of aromatic nitrogens is 2. The lowest BCUT2D eigenvalue weighted by Gasteiger charge is -2.35. The Morgan fingerprint density at radius 3 is 2.59 bits per heavy atom. The number of Topliss-reactive ketones (excluding diaryl/α,β-unsaturated/α-hetero) is 1. The van der Waals surface area contributed by atoms with Gasteiger partial charge in [0.1, 0.15) is 11.6 Å². The Kier molecular flexibility index (Phi) is 5.25. The Labute approximate surface area is 180 Å². The van der Waals surface area contributed by atoms with Gasteiger partial charge in [0.25, 0.3) is 5.56 Å². The Bertz CT molecular complexity index is 1300. The predicted molar refractivity (Wildman–Crippen MR) is 111 cm³/mol. The first-order chi connectivity index (χ1) is 15.1. The number of hydrogen-bond acceptors (Lipinski definition) is 6. The van der Waals surface area contributed by atoms with Crippen LogP contribution in [0.15, 0.2) is 47.3 Å². The van der Waals surface area contributed by atoms with Crippen LogP contribution in [0, 0.1) is 0 Å². The van der Waals surface area contributed by atoms with E-state index in [0.717, 1.165) is 9.47 Å². The lowest BCUT2D eigenvalue weighted by Crippen LogP contribution is -2.51. The SMILES string of the molecule is CC(=O)Cn1c(CN2C(=O)C(F)(F)Oc3c(C(C)O)cccc32)nc2ccccc2c1=O. The van der Waals surface area contributed by atoms with Crippen LogP contribution in [-0.4, -0.2) is 32.5 Å². The summed E-state index contributed by atoms with van der Waals surface area (Å²) >= 11 is 0. The van der Waals surface area contributed by atoms with Gasteiger partial charge in [-0.15, -0.1) is 0 Å². The molecule has 1 aliphatic heterocycles. The molecule has 0 spiro atoms. The van der Waals surface area contributed by atoms with Crippen LogP contribution < -0.4 is 15.2 Å². The number of halogens is 2. The predicted octanol–water partition coefficient (Wildman–Crippen LogP) is 2.56. The van der Waals surface area contributed by atoms with Crippen LogP contribution in [0.3, 0.4) is 0 Å². The van der Waals surface area contributed by atoms with Gasteiger partial charge in [-0.05, 0) is 32.0 Å². The number of ether oxygens (including phenoxy) is 1. The number of anilines is 1. The van der Waals surface area contributed by atoms with Crippen molar-refractivity contribution in [2.45, 2.75) is 39.1 Å². The molecule has 1 amide bonds. The van der Waals surface area contributed by atoms with Crippen molar-refractivity contribution in [1.29, 1.82) is 0 Å². The van der Waals surface area contributed by atoms with Gasteiger partial charge in [-0.25, -0.2) is 4.98 Å². The van der Waals surface area contributed by atoms with Crippen LogP contribution in [-0.2, 0) is 22.7 Å². The number of hydrogen-bond donors (Lipinski definition) is 1. The fraction of sp³-hybridized carbons (Fsp3) is 0.273. The van der Waals surface area contributed by atoms with Crippen molar-refractivity contribution < 1.29 is 28.2 Å². The molecule has 1 atom stereocenters. The minimum absolute atomic E-state index is 0.00360. The Morgan fingerprint density at radius 1 is 1.19 bits per heavy atom. The number of alkyl halides is 2. The van der Waals surface area contributed by atoms with Gasteiger partial charge in [-0.1, -0.05) is 24.3 Å². The molecule has 2 aromatic carbocycles. The quantitative estimate of drug-likeness (QED) is 0.650. The third kappa shape index (κ3) is 3.62. The minimum atomic E-state index is -4.19. The molecule has 4 rings (SSSR count). The van der Waals surface area contributed by atoms with Crippen LogP contribution in [0.5, 0.6) is 5.75 Å². The van der Waals surface area contributed by atoms with Crippen LogP contribution in [0.1, 0.15) is 31.3 Å². The number of carbonyl (C=O) groups is 2. The Morgan fingerprint density at radius 2 is 1.91 bits per heavy atom. The van der Waals surface area contributed by atoms with Crippen LogP contribution in [0.25, 0.3) is 10.9 Å². The fourth-order valence-electron chi connectivity index (χ4n) is 3.65. The van der Waals surface area contributed by atoms with E-state index in [0.29, 0.717) is 5.52 Å². The van der Waals surface area contributed by atoms with E-state index in [-0.39, 0.29) is 40.5 Å². The first-order valence-electron chi connectivity index (χ1n) is 9.78. The third-order valence-corrected chi connectivity index (χ3v) is 5.11. The highest BCUT2D eigenvalue weighted by molar-refractivity contribution is 6.01. The summed E-state index contributed by atoms with van der Waals surface area (Å²) < 4.78 is 34.7. The van der Waals surface area contributed by atoms with Gasteiger partial charge in [-0.3, -0.25) is 23.9 Å². The maximum atomic E-state index is 14.5. The highest BCUT2D eigenvalue weighted by atomic mass is 19.3. The second-order valence-electron chi connectivity index (χ2n) is 7.52. The number of aliphatic hydroxyl groups is 1. The Balaban J connectivity index is 1.91. The van der Waals surface area contributed by atoms with Gasteiger partial charge in [0.2, 0.25) is 0 Å². The van der Waals surface area contributed by atoms with Crippen molar-refractivity contribution in [3.05, 3.63) is 64.2 Å². The zero-order chi connectivity index (χ0) is 23.2. The lowest BCUT2D eigenvalue weighted by atomic mass is 10.1. The molecule has 10 heteroatoms. The van der Waals surface area contributed by atoms with Crippen molar-refractivity contribution in [3.8, 4) is 5.75 Å². The van der Waals surface area contributed by atoms with Crippen molar-refractivity contribution >= 4 is 28.3 Å². The lowest BCUT2D eigenvalue weighted by molar-refractivity contribution is -0.193. The molecule has 0 saturated heterocycles. The zero-order valence-electron chi connectivity index (χ0n) is 17.2. The molecule has 1 unspecified atom stereocenters. The smallest absolute Gasteiger partial charge is 0.423 e. The second-order valence-corrected chi connectivity index (χ2v) is 7.52. The molecule has 0 bridgehead atoms. The Hall–Kier alpha value is -3.66. The number of amides is 1. The molecule has 2 heterocycles. The van der Waals surface area contributed by atoms with E-state index in [9.17, 15) is 28.3 Å². The molecule has 1 aromatic heterocycles. The number of rotatable bonds is 5. The van der Waals surface area contributed by atoms with E-state index in [1.807, 2.05) is 0 Å². The molecule has 166 valence electrons. The average molecular weight is 443 g/mol. The summed E-state index contributed by atoms with van der Waals surface area (Å²) in [6, 6.07) is 10.7. The molecule has 0 saturated carbocycles. The average Bonchev–Trinajstić information content (AvgIpc) is 2.73. The maximum Gasteiger partial charge on any atom is 0.483 e. The van der Waals surface area contributed by atoms with E-state index in [1.54, 1.807) is 24.3 Å². The summed E-state index contributed by atoms with van der Waals surface area (Å²) in [5.41, 5.74) is -0.146. The largest absolute Gasteiger partial charge is 0.483 e. The van der Waals surface area contributed by atoms with Crippen molar-refractivity contribution in [2.75, 3.05) is 4.90 Å². The fourth-order valence-corrected chi connectivity index (χ4v) is 3.65. The van der Waals surface area contributed by atoms with Gasteiger partial charge >= 0.3 is 12.0 Å². The van der Waals surface area contributed by atoms with Crippen LogP contribution >= 0.6 is 0 Å². The summed E-state index contributed by atoms with van der Waals surface area (Å²) in [6.07, 6.45) is -5.33.